The smallest absolute Gasteiger partial charge is 0.0831 e. The fourth-order valence-corrected chi connectivity index (χ4v) is 1.43. The molecular formula is C9H17ClN4. The summed E-state index contributed by atoms with van der Waals surface area (Å²) in [5.74, 6) is 0. The maximum atomic E-state index is 6.00. The molecule has 14 heavy (non-hydrogen) atoms. The van der Waals surface area contributed by atoms with Crippen molar-refractivity contribution in [1.82, 2.24) is 20.0 Å². The molecule has 1 aromatic heterocycles. The van der Waals surface area contributed by atoms with Crippen LogP contribution in [0.3, 0.4) is 0 Å². The van der Waals surface area contributed by atoms with E-state index in [0.29, 0.717) is 0 Å². The van der Waals surface area contributed by atoms with Gasteiger partial charge in [-0.1, -0.05) is 11.6 Å². The van der Waals surface area contributed by atoms with Gasteiger partial charge in [-0.2, -0.15) is 5.10 Å². The summed E-state index contributed by atoms with van der Waals surface area (Å²) in [7, 11) is 5.99. The average Bonchev–Trinajstić information content (AvgIpc) is 2.46. The van der Waals surface area contributed by atoms with E-state index in [1.165, 1.54) is 0 Å². The van der Waals surface area contributed by atoms with Gasteiger partial charge < -0.3 is 10.2 Å². The molecule has 5 heteroatoms. The summed E-state index contributed by atoms with van der Waals surface area (Å²) in [5.41, 5.74) is 1.05. The van der Waals surface area contributed by atoms with Gasteiger partial charge in [0.1, 0.15) is 0 Å². The van der Waals surface area contributed by atoms with Crippen LogP contribution in [-0.4, -0.2) is 42.4 Å². The lowest BCUT2D eigenvalue weighted by atomic mass is 10.4. The van der Waals surface area contributed by atoms with Gasteiger partial charge in [0.15, 0.2) is 0 Å². The van der Waals surface area contributed by atoms with Crippen LogP contribution in [0.1, 0.15) is 5.69 Å². The maximum Gasteiger partial charge on any atom is 0.0831 e. The summed E-state index contributed by atoms with van der Waals surface area (Å²) in [5, 5.41) is 8.04. The van der Waals surface area contributed by atoms with Crippen LogP contribution >= 0.6 is 11.6 Å². The van der Waals surface area contributed by atoms with Crippen LogP contribution in [-0.2, 0) is 13.1 Å². The zero-order valence-electron chi connectivity index (χ0n) is 8.92. The van der Waals surface area contributed by atoms with E-state index in [4.69, 9.17) is 11.6 Å². The van der Waals surface area contributed by atoms with Gasteiger partial charge in [0.05, 0.1) is 23.5 Å². The second-order valence-electron chi connectivity index (χ2n) is 3.50. The third-order valence-electron chi connectivity index (χ3n) is 2.00. The molecule has 1 N–H and O–H groups in total. The first-order chi connectivity index (χ1) is 6.65. The van der Waals surface area contributed by atoms with Crippen LogP contribution in [0.2, 0.25) is 5.02 Å². The standard InChI is InChI=1S/C9H17ClN4/c1-11-7-9-8(10)6-12-14(9)5-4-13(2)3/h6,11H,4-5,7H2,1-3H3. The number of likely N-dealkylation sites (N-methyl/N-ethyl adjacent to an activating group) is 1. The molecule has 0 unspecified atom stereocenters. The monoisotopic (exact) mass is 216 g/mol. The number of nitrogens with zero attached hydrogens (tertiary/aromatic N) is 3. The number of halogens is 1. The summed E-state index contributed by atoms with van der Waals surface area (Å²) >= 11 is 6.00. The number of hydrogen-bond donors (Lipinski definition) is 1. The van der Waals surface area contributed by atoms with Gasteiger partial charge in [-0.15, -0.1) is 0 Å². The molecule has 1 aromatic rings. The van der Waals surface area contributed by atoms with Crippen LogP contribution in [0, 0.1) is 0 Å². The average molecular weight is 217 g/mol. The Morgan fingerprint density at radius 3 is 2.86 bits per heavy atom. The Kier molecular flexibility index (Phi) is 4.38. The van der Waals surface area contributed by atoms with Crippen LogP contribution in [0.15, 0.2) is 6.20 Å². The predicted molar refractivity (Wildman–Crippen MR) is 58.6 cm³/mol. The third-order valence-corrected chi connectivity index (χ3v) is 2.32. The zero-order valence-corrected chi connectivity index (χ0v) is 9.67. The van der Waals surface area contributed by atoms with Gasteiger partial charge in [-0.25, -0.2) is 0 Å². The van der Waals surface area contributed by atoms with Gasteiger partial charge in [0.25, 0.3) is 0 Å². The van der Waals surface area contributed by atoms with Crippen LogP contribution < -0.4 is 5.32 Å². The molecule has 1 rings (SSSR count). The minimum atomic E-state index is 0.734. The molecule has 0 aromatic carbocycles. The molecule has 0 bridgehead atoms. The van der Waals surface area contributed by atoms with Gasteiger partial charge in [0, 0.05) is 13.1 Å². The quantitative estimate of drug-likeness (QED) is 0.791. The molecule has 0 atom stereocenters. The number of aromatic nitrogens is 2. The lowest BCUT2D eigenvalue weighted by Crippen LogP contribution is -2.21. The van der Waals surface area contributed by atoms with E-state index in [1.54, 1.807) is 6.20 Å². The molecule has 0 spiro atoms. The highest BCUT2D eigenvalue weighted by atomic mass is 35.5. The van der Waals surface area contributed by atoms with Crippen LogP contribution in [0.25, 0.3) is 0 Å². The topological polar surface area (TPSA) is 33.1 Å². The lowest BCUT2D eigenvalue weighted by molar-refractivity contribution is 0.368. The maximum absolute atomic E-state index is 6.00. The first-order valence-electron chi connectivity index (χ1n) is 4.64. The van der Waals surface area contributed by atoms with Gasteiger partial charge in [0.2, 0.25) is 0 Å². The Labute approximate surface area is 89.8 Å². The Balaban J connectivity index is 2.65. The molecule has 1 heterocycles. The van der Waals surface area contributed by atoms with E-state index in [-0.39, 0.29) is 0 Å². The van der Waals surface area contributed by atoms with E-state index in [0.717, 1.165) is 30.4 Å². The highest BCUT2D eigenvalue weighted by Gasteiger charge is 2.07. The van der Waals surface area contributed by atoms with Gasteiger partial charge >= 0.3 is 0 Å². The Morgan fingerprint density at radius 1 is 1.57 bits per heavy atom. The van der Waals surface area contributed by atoms with Crippen molar-refractivity contribution >= 4 is 11.6 Å². The molecule has 0 aliphatic rings. The summed E-state index contributed by atoms with van der Waals surface area (Å²) in [4.78, 5) is 2.12. The summed E-state index contributed by atoms with van der Waals surface area (Å²) in [6, 6.07) is 0. The minimum Gasteiger partial charge on any atom is -0.314 e. The zero-order chi connectivity index (χ0) is 10.6. The van der Waals surface area contributed by atoms with E-state index >= 15 is 0 Å². The van der Waals surface area contributed by atoms with Crippen molar-refractivity contribution in [2.24, 2.45) is 0 Å². The van der Waals surface area contributed by atoms with Gasteiger partial charge in [-0.3, -0.25) is 4.68 Å². The van der Waals surface area contributed by atoms with E-state index in [1.807, 2.05) is 25.8 Å². The SMILES string of the molecule is CNCc1c(Cl)cnn1CCN(C)C. The predicted octanol–water partition coefficient (Wildman–Crippen LogP) is 0.817. The summed E-state index contributed by atoms with van der Waals surface area (Å²) in [6.07, 6.45) is 1.70. The normalized spacial score (nSPS) is 11.2. The lowest BCUT2D eigenvalue weighted by Gasteiger charge is -2.11. The van der Waals surface area contributed by atoms with E-state index < -0.39 is 0 Å². The molecule has 0 radical (unpaired) electrons. The summed E-state index contributed by atoms with van der Waals surface area (Å²) < 4.78 is 1.94. The molecule has 0 fully saturated rings. The number of rotatable bonds is 5. The highest BCUT2D eigenvalue weighted by molar-refractivity contribution is 6.31. The van der Waals surface area contributed by atoms with Gasteiger partial charge in [-0.05, 0) is 21.1 Å². The molecule has 4 nitrogen and oxygen atoms in total. The minimum absolute atomic E-state index is 0.734. The van der Waals surface area contributed by atoms with Crippen molar-refractivity contribution in [3.8, 4) is 0 Å². The van der Waals surface area contributed by atoms with Crippen molar-refractivity contribution < 1.29 is 0 Å². The second-order valence-corrected chi connectivity index (χ2v) is 3.90. The van der Waals surface area contributed by atoms with Crippen LogP contribution in [0.5, 0.6) is 0 Å². The van der Waals surface area contributed by atoms with E-state index in [2.05, 4.69) is 15.3 Å². The molecule has 0 aliphatic carbocycles. The molecule has 0 aliphatic heterocycles. The van der Waals surface area contributed by atoms with Crippen molar-refractivity contribution in [3.05, 3.63) is 16.9 Å². The molecule has 0 saturated carbocycles. The first-order valence-corrected chi connectivity index (χ1v) is 5.02. The van der Waals surface area contributed by atoms with Crippen molar-refractivity contribution in [2.75, 3.05) is 27.7 Å². The Morgan fingerprint density at radius 2 is 2.29 bits per heavy atom. The number of nitrogens with one attached hydrogen (secondary N) is 1. The Hall–Kier alpha value is -0.580. The molecule has 80 valence electrons. The molecule has 0 saturated heterocycles. The highest BCUT2D eigenvalue weighted by Crippen LogP contribution is 2.14. The van der Waals surface area contributed by atoms with E-state index in [9.17, 15) is 0 Å². The molecular weight excluding hydrogens is 200 g/mol. The van der Waals surface area contributed by atoms with Crippen molar-refractivity contribution in [1.29, 1.82) is 0 Å². The summed E-state index contributed by atoms with van der Waals surface area (Å²) in [6.45, 7) is 2.59. The second kappa shape index (κ2) is 5.34. The largest absolute Gasteiger partial charge is 0.314 e. The fourth-order valence-electron chi connectivity index (χ4n) is 1.22. The number of hydrogen-bond acceptors (Lipinski definition) is 3. The molecule has 0 amide bonds. The fraction of sp³-hybridized carbons (Fsp3) is 0.667. The first kappa shape index (κ1) is 11.5. The van der Waals surface area contributed by atoms with Crippen molar-refractivity contribution in [3.63, 3.8) is 0 Å². The Bertz CT molecular complexity index is 282. The third kappa shape index (κ3) is 2.97. The van der Waals surface area contributed by atoms with Crippen molar-refractivity contribution in [2.45, 2.75) is 13.1 Å². The van der Waals surface area contributed by atoms with Crippen LogP contribution in [0.4, 0.5) is 0 Å².